The predicted octanol–water partition coefficient (Wildman–Crippen LogP) is 3.26. The molecule has 0 aliphatic rings. The molecule has 2 rings (SSSR count). The van der Waals surface area contributed by atoms with Crippen LogP contribution in [0.15, 0.2) is 42.5 Å². The minimum Gasteiger partial charge on any atom is -0.485 e. The second-order valence-electron chi connectivity index (χ2n) is 4.18. The molecule has 0 unspecified atom stereocenters. The topological polar surface area (TPSA) is 21.3 Å². The van der Waals surface area contributed by atoms with Gasteiger partial charge < -0.3 is 10.1 Å². The molecule has 4 heteroatoms. The number of halogens is 2. The highest BCUT2D eigenvalue weighted by Crippen LogP contribution is 2.23. The number of ether oxygens (including phenoxy) is 1. The van der Waals surface area contributed by atoms with Crippen molar-refractivity contribution < 1.29 is 13.5 Å². The van der Waals surface area contributed by atoms with E-state index in [2.05, 4.69) is 5.32 Å². The minimum atomic E-state index is -0.413. The molecule has 0 saturated carbocycles. The van der Waals surface area contributed by atoms with Crippen LogP contribution in [0.1, 0.15) is 11.1 Å². The third kappa shape index (κ3) is 3.51. The van der Waals surface area contributed by atoms with Gasteiger partial charge in [-0.2, -0.15) is 0 Å². The van der Waals surface area contributed by atoms with Crippen LogP contribution < -0.4 is 10.1 Å². The maximum Gasteiger partial charge on any atom is 0.165 e. The average Bonchev–Trinajstić information content (AvgIpc) is 2.38. The Balaban J connectivity index is 2.14. The molecule has 0 radical (unpaired) electrons. The highest BCUT2D eigenvalue weighted by Gasteiger charge is 2.09. The van der Waals surface area contributed by atoms with Gasteiger partial charge in [0.25, 0.3) is 0 Å². The molecule has 1 N–H and O–H groups in total. The Morgan fingerprint density at radius 1 is 1.11 bits per heavy atom. The summed E-state index contributed by atoms with van der Waals surface area (Å²) in [4.78, 5) is 0. The van der Waals surface area contributed by atoms with Gasteiger partial charge in [0.15, 0.2) is 11.6 Å². The van der Waals surface area contributed by atoms with Crippen molar-refractivity contribution in [2.75, 3.05) is 7.05 Å². The van der Waals surface area contributed by atoms with E-state index in [1.54, 1.807) is 31.3 Å². The normalized spacial score (nSPS) is 10.5. The Labute approximate surface area is 111 Å². The third-order valence-corrected chi connectivity index (χ3v) is 2.69. The van der Waals surface area contributed by atoms with Crippen molar-refractivity contribution in [1.29, 1.82) is 0 Å². The smallest absolute Gasteiger partial charge is 0.165 e. The first-order valence-corrected chi connectivity index (χ1v) is 6.00. The molecule has 0 aliphatic heterocycles. The van der Waals surface area contributed by atoms with Crippen molar-refractivity contribution in [3.8, 4) is 5.75 Å². The van der Waals surface area contributed by atoms with Gasteiger partial charge in [0, 0.05) is 12.1 Å². The SMILES string of the molecule is CNCc1cccc(F)c1OCc1cccc(F)c1. The van der Waals surface area contributed by atoms with Crippen molar-refractivity contribution in [3.63, 3.8) is 0 Å². The number of benzene rings is 2. The van der Waals surface area contributed by atoms with Crippen molar-refractivity contribution in [3.05, 3.63) is 65.2 Å². The zero-order chi connectivity index (χ0) is 13.7. The lowest BCUT2D eigenvalue weighted by Crippen LogP contribution is -2.08. The first-order valence-electron chi connectivity index (χ1n) is 6.00. The van der Waals surface area contributed by atoms with Crippen LogP contribution in [0.5, 0.6) is 5.75 Å². The van der Waals surface area contributed by atoms with E-state index in [-0.39, 0.29) is 18.2 Å². The number of para-hydroxylation sites is 1. The fraction of sp³-hybridized carbons (Fsp3) is 0.200. The maximum absolute atomic E-state index is 13.7. The summed E-state index contributed by atoms with van der Waals surface area (Å²) in [7, 11) is 1.78. The van der Waals surface area contributed by atoms with E-state index >= 15 is 0 Å². The van der Waals surface area contributed by atoms with Gasteiger partial charge in [0.05, 0.1) is 0 Å². The van der Waals surface area contributed by atoms with Crippen LogP contribution in [0.2, 0.25) is 0 Å². The van der Waals surface area contributed by atoms with Crippen LogP contribution in [0.25, 0.3) is 0 Å². The van der Waals surface area contributed by atoms with Gasteiger partial charge in [-0.1, -0.05) is 24.3 Å². The second-order valence-corrected chi connectivity index (χ2v) is 4.18. The molecule has 0 bridgehead atoms. The molecule has 0 atom stereocenters. The molecule has 0 fully saturated rings. The van der Waals surface area contributed by atoms with Crippen LogP contribution in [-0.2, 0) is 13.2 Å². The predicted molar refractivity (Wildman–Crippen MR) is 69.9 cm³/mol. The summed E-state index contributed by atoms with van der Waals surface area (Å²) in [6.45, 7) is 0.644. The molecule has 2 aromatic carbocycles. The van der Waals surface area contributed by atoms with Gasteiger partial charge in [-0.25, -0.2) is 8.78 Å². The first kappa shape index (κ1) is 13.5. The lowest BCUT2D eigenvalue weighted by molar-refractivity contribution is 0.286. The lowest BCUT2D eigenvalue weighted by Gasteiger charge is -2.12. The summed E-state index contributed by atoms with van der Waals surface area (Å²) in [5.41, 5.74) is 1.40. The quantitative estimate of drug-likeness (QED) is 0.894. The van der Waals surface area contributed by atoms with E-state index in [4.69, 9.17) is 4.74 Å². The molecule has 0 aromatic heterocycles. The van der Waals surface area contributed by atoms with Crippen molar-refractivity contribution in [2.24, 2.45) is 0 Å². The van der Waals surface area contributed by atoms with E-state index in [1.807, 2.05) is 0 Å². The lowest BCUT2D eigenvalue weighted by atomic mass is 10.2. The molecule has 19 heavy (non-hydrogen) atoms. The van der Waals surface area contributed by atoms with Gasteiger partial charge in [-0.05, 0) is 30.8 Å². The van der Waals surface area contributed by atoms with Crippen molar-refractivity contribution in [1.82, 2.24) is 5.32 Å². The molecule has 2 aromatic rings. The van der Waals surface area contributed by atoms with Crippen LogP contribution in [0, 0.1) is 11.6 Å². The second kappa shape index (κ2) is 6.29. The van der Waals surface area contributed by atoms with Gasteiger partial charge in [0.1, 0.15) is 12.4 Å². The number of rotatable bonds is 5. The number of nitrogens with one attached hydrogen (secondary N) is 1. The standard InChI is InChI=1S/C15H15F2NO/c1-18-9-12-5-3-7-14(17)15(12)19-10-11-4-2-6-13(16)8-11/h2-8,18H,9-10H2,1H3. The first-order chi connectivity index (χ1) is 9.20. The maximum atomic E-state index is 13.7. The third-order valence-electron chi connectivity index (χ3n) is 2.69. The fourth-order valence-corrected chi connectivity index (χ4v) is 1.83. The molecule has 2 nitrogen and oxygen atoms in total. The Kier molecular flexibility index (Phi) is 4.47. The summed E-state index contributed by atoms with van der Waals surface area (Å²) in [5, 5.41) is 2.95. The molecular weight excluding hydrogens is 248 g/mol. The van der Waals surface area contributed by atoms with Crippen LogP contribution in [-0.4, -0.2) is 7.05 Å². The Hall–Kier alpha value is -1.94. The van der Waals surface area contributed by atoms with Crippen LogP contribution in [0.3, 0.4) is 0 Å². The molecule has 100 valence electrons. The van der Waals surface area contributed by atoms with Gasteiger partial charge in [-0.15, -0.1) is 0 Å². The fourth-order valence-electron chi connectivity index (χ4n) is 1.83. The zero-order valence-corrected chi connectivity index (χ0v) is 10.6. The summed E-state index contributed by atoms with van der Waals surface area (Å²) >= 11 is 0. The average molecular weight is 263 g/mol. The number of hydrogen-bond donors (Lipinski definition) is 1. The summed E-state index contributed by atoms with van der Waals surface area (Å²) in [5.74, 6) is -0.532. The van der Waals surface area contributed by atoms with E-state index in [0.29, 0.717) is 12.1 Å². The van der Waals surface area contributed by atoms with E-state index in [0.717, 1.165) is 5.56 Å². The van der Waals surface area contributed by atoms with Gasteiger partial charge in [0.2, 0.25) is 0 Å². The van der Waals surface area contributed by atoms with Crippen LogP contribution >= 0.6 is 0 Å². The van der Waals surface area contributed by atoms with E-state index in [1.165, 1.54) is 18.2 Å². The van der Waals surface area contributed by atoms with E-state index in [9.17, 15) is 8.78 Å². The molecule has 0 saturated heterocycles. The monoisotopic (exact) mass is 263 g/mol. The van der Waals surface area contributed by atoms with Crippen molar-refractivity contribution >= 4 is 0 Å². The zero-order valence-electron chi connectivity index (χ0n) is 10.6. The van der Waals surface area contributed by atoms with Crippen molar-refractivity contribution in [2.45, 2.75) is 13.2 Å². The Bertz CT molecular complexity index is 558. The molecule has 0 heterocycles. The number of hydrogen-bond acceptors (Lipinski definition) is 2. The van der Waals surface area contributed by atoms with E-state index < -0.39 is 5.82 Å². The summed E-state index contributed by atoms with van der Waals surface area (Å²) in [6.07, 6.45) is 0. The summed E-state index contributed by atoms with van der Waals surface area (Å²) < 4.78 is 32.2. The Morgan fingerprint density at radius 3 is 2.63 bits per heavy atom. The highest BCUT2D eigenvalue weighted by atomic mass is 19.1. The van der Waals surface area contributed by atoms with Gasteiger partial charge >= 0.3 is 0 Å². The largest absolute Gasteiger partial charge is 0.485 e. The summed E-state index contributed by atoms with van der Waals surface area (Å²) in [6, 6.07) is 10.8. The highest BCUT2D eigenvalue weighted by molar-refractivity contribution is 5.35. The molecule has 0 amide bonds. The van der Waals surface area contributed by atoms with Gasteiger partial charge in [-0.3, -0.25) is 0 Å². The minimum absolute atomic E-state index is 0.134. The Morgan fingerprint density at radius 2 is 1.89 bits per heavy atom. The molecular formula is C15H15F2NO. The molecule has 0 aliphatic carbocycles. The molecule has 0 spiro atoms. The van der Waals surface area contributed by atoms with Crippen LogP contribution in [0.4, 0.5) is 8.78 Å².